The lowest BCUT2D eigenvalue weighted by Gasteiger charge is -2.38. The standard InChI is InChI=1S/C18H28O3/c1-7-21-16(19)17(4,5)18(6,20)15-10-8-14(9-11-15)12-13(2)3/h8-11,13,20H,7,12H2,1-6H3. The topological polar surface area (TPSA) is 46.5 Å². The molecule has 0 amide bonds. The molecular formula is C18H28O3. The molecule has 1 N–H and O–H groups in total. The fourth-order valence-corrected chi connectivity index (χ4v) is 2.31. The number of esters is 1. The van der Waals surface area contributed by atoms with Gasteiger partial charge in [0.05, 0.1) is 12.0 Å². The van der Waals surface area contributed by atoms with E-state index in [1.165, 1.54) is 5.56 Å². The van der Waals surface area contributed by atoms with E-state index < -0.39 is 11.0 Å². The van der Waals surface area contributed by atoms with Crippen molar-refractivity contribution in [2.45, 2.75) is 53.6 Å². The van der Waals surface area contributed by atoms with Crippen LogP contribution in [0.4, 0.5) is 0 Å². The molecule has 3 nitrogen and oxygen atoms in total. The van der Waals surface area contributed by atoms with E-state index >= 15 is 0 Å². The van der Waals surface area contributed by atoms with Crippen LogP contribution in [-0.4, -0.2) is 17.7 Å². The van der Waals surface area contributed by atoms with E-state index in [0.717, 1.165) is 12.0 Å². The second-order valence-corrected chi connectivity index (χ2v) is 6.71. The van der Waals surface area contributed by atoms with Crippen LogP contribution in [0.2, 0.25) is 0 Å². The lowest BCUT2D eigenvalue weighted by atomic mass is 9.72. The van der Waals surface area contributed by atoms with E-state index in [0.29, 0.717) is 12.5 Å². The van der Waals surface area contributed by atoms with Crippen molar-refractivity contribution < 1.29 is 14.6 Å². The molecule has 118 valence electrons. The summed E-state index contributed by atoms with van der Waals surface area (Å²) in [6, 6.07) is 7.84. The number of aliphatic hydroxyl groups is 1. The number of hydrogen-bond donors (Lipinski definition) is 1. The van der Waals surface area contributed by atoms with Gasteiger partial charge in [-0.15, -0.1) is 0 Å². The second kappa shape index (κ2) is 6.61. The minimum absolute atomic E-state index is 0.311. The van der Waals surface area contributed by atoms with Crippen molar-refractivity contribution in [3.05, 3.63) is 35.4 Å². The molecule has 0 aliphatic heterocycles. The zero-order chi connectivity index (χ0) is 16.3. The molecule has 0 aliphatic rings. The molecule has 0 heterocycles. The van der Waals surface area contributed by atoms with E-state index in [1.807, 2.05) is 24.3 Å². The third-order valence-corrected chi connectivity index (χ3v) is 4.16. The smallest absolute Gasteiger partial charge is 0.314 e. The molecule has 0 aromatic heterocycles. The summed E-state index contributed by atoms with van der Waals surface area (Å²) >= 11 is 0. The molecule has 1 aromatic carbocycles. The minimum atomic E-state index is -1.28. The summed E-state index contributed by atoms with van der Waals surface area (Å²) in [6.07, 6.45) is 1.00. The summed E-state index contributed by atoms with van der Waals surface area (Å²) < 4.78 is 5.09. The van der Waals surface area contributed by atoms with Crippen molar-refractivity contribution in [2.75, 3.05) is 6.61 Å². The molecular weight excluding hydrogens is 264 g/mol. The summed E-state index contributed by atoms with van der Waals surface area (Å²) in [7, 11) is 0. The number of benzene rings is 1. The van der Waals surface area contributed by atoms with Crippen molar-refractivity contribution in [3.63, 3.8) is 0 Å². The van der Waals surface area contributed by atoms with Gasteiger partial charge in [-0.3, -0.25) is 4.79 Å². The highest BCUT2D eigenvalue weighted by molar-refractivity contribution is 5.77. The van der Waals surface area contributed by atoms with Crippen molar-refractivity contribution in [1.29, 1.82) is 0 Å². The van der Waals surface area contributed by atoms with Gasteiger partial charge >= 0.3 is 5.97 Å². The van der Waals surface area contributed by atoms with Crippen LogP contribution < -0.4 is 0 Å². The monoisotopic (exact) mass is 292 g/mol. The van der Waals surface area contributed by atoms with Crippen LogP contribution in [0, 0.1) is 11.3 Å². The van der Waals surface area contributed by atoms with E-state index in [2.05, 4.69) is 13.8 Å². The van der Waals surface area contributed by atoms with Gasteiger partial charge in [0.1, 0.15) is 5.60 Å². The highest BCUT2D eigenvalue weighted by atomic mass is 16.5. The normalized spacial score (nSPS) is 14.9. The first-order chi connectivity index (χ1) is 9.62. The third-order valence-electron chi connectivity index (χ3n) is 4.16. The average Bonchev–Trinajstić information content (AvgIpc) is 2.38. The van der Waals surface area contributed by atoms with Crippen molar-refractivity contribution >= 4 is 5.97 Å². The van der Waals surface area contributed by atoms with E-state index in [-0.39, 0.29) is 5.97 Å². The van der Waals surface area contributed by atoms with Crippen LogP contribution in [0.1, 0.15) is 52.7 Å². The van der Waals surface area contributed by atoms with Gasteiger partial charge in [-0.2, -0.15) is 0 Å². The van der Waals surface area contributed by atoms with Gasteiger partial charge < -0.3 is 9.84 Å². The summed E-state index contributed by atoms with van der Waals surface area (Å²) in [6.45, 7) is 11.5. The zero-order valence-electron chi connectivity index (χ0n) is 14.1. The molecule has 3 heteroatoms. The van der Waals surface area contributed by atoms with Gasteiger partial charge in [0, 0.05) is 0 Å². The molecule has 21 heavy (non-hydrogen) atoms. The molecule has 0 bridgehead atoms. The number of ether oxygens (including phenoxy) is 1. The first kappa shape index (κ1) is 17.7. The Labute approximate surface area is 128 Å². The van der Waals surface area contributed by atoms with Crippen LogP contribution in [0.25, 0.3) is 0 Å². The maximum Gasteiger partial charge on any atom is 0.314 e. The summed E-state index contributed by atoms with van der Waals surface area (Å²) in [4.78, 5) is 12.1. The molecule has 0 fully saturated rings. The Hall–Kier alpha value is -1.35. The Morgan fingerprint density at radius 3 is 2.14 bits per heavy atom. The van der Waals surface area contributed by atoms with Crippen molar-refractivity contribution in [2.24, 2.45) is 11.3 Å². The second-order valence-electron chi connectivity index (χ2n) is 6.71. The predicted octanol–water partition coefficient (Wildman–Crippen LogP) is 3.68. The van der Waals surface area contributed by atoms with Gasteiger partial charge in [-0.1, -0.05) is 38.1 Å². The number of hydrogen-bond acceptors (Lipinski definition) is 3. The van der Waals surface area contributed by atoms with Crippen molar-refractivity contribution in [1.82, 2.24) is 0 Å². The lowest BCUT2D eigenvalue weighted by molar-refractivity contribution is -0.170. The van der Waals surface area contributed by atoms with Crippen molar-refractivity contribution in [3.8, 4) is 0 Å². The SMILES string of the molecule is CCOC(=O)C(C)(C)C(C)(O)c1ccc(CC(C)C)cc1. The molecule has 0 spiro atoms. The molecule has 0 aliphatic carbocycles. The summed E-state index contributed by atoms with van der Waals surface area (Å²) in [5.41, 5.74) is -0.329. The largest absolute Gasteiger partial charge is 0.465 e. The predicted molar refractivity (Wildman–Crippen MR) is 85.0 cm³/mol. The van der Waals surface area contributed by atoms with Gasteiger partial charge in [0.2, 0.25) is 0 Å². The Balaban J connectivity index is 3.03. The van der Waals surface area contributed by atoms with Crippen LogP contribution in [0.3, 0.4) is 0 Å². The fourth-order valence-electron chi connectivity index (χ4n) is 2.31. The van der Waals surface area contributed by atoms with Gasteiger partial charge in [0.25, 0.3) is 0 Å². The van der Waals surface area contributed by atoms with Gasteiger partial charge in [-0.05, 0) is 51.2 Å². The lowest BCUT2D eigenvalue weighted by Crippen LogP contribution is -2.46. The minimum Gasteiger partial charge on any atom is -0.465 e. The highest BCUT2D eigenvalue weighted by Gasteiger charge is 2.47. The first-order valence-corrected chi connectivity index (χ1v) is 7.62. The van der Waals surface area contributed by atoms with E-state index in [9.17, 15) is 9.90 Å². The maximum absolute atomic E-state index is 12.1. The summed E-state index contributed by atoms with van der Waals surface area (Å²) in [5.74, 6) is 0.202. The number of carbonyl (C=O) groups excluding carboxylic acids is 1. The maximum atomic E-state index is 12.1. The molecule has 0 saturated carbocycles. The fraction of sp³-hybridized carbons (Fsp3) is 0.611. The van der Waals surface area contributed by atoms with Gasteiger partial charge in [-0.25, -0.2) is 0 Å². The van der Waals surface area contributed by atoms with E-state index in [4.69, 9.17) is 4.74 Å². The Morgan fingerprint density at radius 1 is 1.19 bits per heavy atom. The highest BCUT2D eigenvalue weighted by Crippen LogP contribution is 2.40. The molecule has 1 rings (SSSR count). The van der Waals surface area contributed by atoms with Crippen LogP contribution in [-0.2, 0) is 21.6 Å². The number of carbonyl (C=O) groups is 1. The Kier molecular flexibility index (Phi) is 5.57. The molecule has 1 atom stereocenters. The molecule has 0 saturated heterocycles. The van der Waals surface area contributed by atoms with Crippen LogP contribution >= 0.6 is 0 Å². The van der Waals surface area contributed by atoms with Gasteiger partial charge in [0.15, 0.2) is 0 Å². The average molecular weight is 292 g/mol. The summed E-state index contributed by atoms with van der Waals surface area (Å²) in [5, 5.41) is 10.9. The number of rotatable bonds is 6. The third kappa shape index (κ3) is 3.85. The quantitative estimate of drug-likeness (QED) is 0.814. The van der Waals surface area contributed by atoms with E-state index in [1.54, 1.807) is 27.7 Å². The first-order valence-electron chi connectivity index (χ1n) is 7.62. The molecule has 1 unspecified atom stereocenters. The van der Waals surface area contributed by atoms with Crippen LogP contribution in [0.15, 0.2) is 24.3 Å². The Morgan fingerprint density at radius 2 is 1.71 bits per heavy atom. The Bertz CT molecular complexity index is 470. The molecule has 1 aromatic rings. The molecule has 0 radical (unpaired) electrons. The zero-order valence-corrected chi connectivity index (χ0v) is 14.1. The van der Waals surface area contributed by atoms with Crippen LogP contribution in [0.5, 0.6) is 0 Å².